The lowest BCUT2D eigenvalue weighted by atomic mass is 10.2. The van der Waals surface area contributed by atoms with Gasteiger partial charge >= 0.3 is 0 Å². The molecule has 0 saturated carbocycles. The summed E-state index contributed by atoms with van der Waals surface area (Å²) >= 11 is 1.77. The number of rotatable bonds is 4. The van der Waals surface area contributed by atoms with Gasteiger partial charge in [0.2, 0.25) is 0 Å². The molecule has 15 heavy (non-hydrogen) atoms. The molecule has 0 radical (unpaired) electrons. The number of aromatic nitrogens is 1. The third kappa shape index (κ3) is 2.89. The van der Waals surface area contributed by atoms with Gasteiger partial charge in [-0.15, -0.1) is 11.3 Å². The van der Waals surface area contributed by atoms with Gasteiger partial charge < -0.3 is 5.32 Å². The third-order valence-electron chi connectivity index (χ3n) is 2.64. The highest BCUT2D eigenvalue weighted by Crippen LogP contribution is 2.19. The van der Waals surface area contributed by atoms with Crippen LogP contribution in [0.5, 0.6) is 0 Å². The number of nitrogens with zero attached hydrogens (tertiary/aromatic N) is 1. The lowest BCUT2D eigenvalue weighted by Crippen LogP contribution is -2.25. The van der Waals surface area contributed by atoms with Crippen molar-refractivity contribution < 1.29 is 0 Å². The van der Waals surface area contributed by atoms with Crippen molar-refractivity contribution in [2.24, 2.45) is 0 Å². The van der Waals surface area contributed by atoms with E-state index >= 15 is 0 Å². The van der Waals surface area contributed by atoms with Crippen LogP contribution in [0.1, 0.15) is 43.3 Å². The Hall–Kier alpha value is -0.670. The van der Waals surface area contributed by atoms with Gasteiger partial charge in [-0.2, -0.15) is 0 Å². The summed E-state index contributed by atoms with van der Waals surface area (Å²) in [6, 6.07) is 0.634. The van der Waals surface area contributed by atoms with Crippen molar-refractivity contribution in [3.63, 3.8) is 0 Å². The molecule has 1 heterocycles. The van der Waals surface area contributed by atoms with Crippen LogP contribution in [0.25, 0.3) is 0 Å². The Bertz CT molecular complexity index is 333. The van der Waals surface area contributed by atoms with Gasteiger partial charge in [-0.1, -0.05) is 26.0 Å². The Morgan fingerprint density at radius 2 is 2.20 bits per heavy atom. The maximum absolute atomic E-state index is 4.61. The van der Waals surface area contributed by atoms with Crippen LogP contribution in [0, 0.1) is 0 Å². The molecule has 1 aromatic heterocycles. The Labute approximate surface area is 95.4 Å². The Morgan fingerprint density at radius 3 is 2.80 bits per heavy atom. The minimum Gasteiger partial charge on any atom is -0.308 e. The Balaban J connectivity index is 1.82. The highest BCUT2D eigenvalue weighted by atomic mass is 32.1. The molecule has 0 atom stereocenters. The van der Waals surface area contributed by atoms with Gasteiger partial charge in [-0.3, -0.25) is 0 Å². The van der Waals surface area contributed by atoms with E-state index in [1.165, 1.54) is 23.5 Å². The summed E-state index contributed by atoms with van der Waals surface area (Å²) < 4.78 is 0. The molecular weight excluding hydrogens is 204 g/mol. The first-order valence-corrected chi connectivity index (χ1v) is 6.46. The average molecular weight is 222 g/mol. The minimum atomic E-state index is 0.553. The lowest BCUT2D eigenvalue weighted by molar-refractivity contribution is 0.533. The molecule has 1 N–H and O–H groups in total. The fraction of sp³-hybridized carbons (Fsp3) is 0.583. The van der Waals surface area contributed by atoms with Crippen molar-refractivity contribution in [3.05, 3.63) is 28.2 Å². The van der Waals surface area contributed by atoms with E-state index in [4.69, 9.17) is 0 Å². The molecule has 0 spiro atoms. The van der Waals surface area contributed by atoms with E-state index in [2.05, 4.69) is 41.7 Å². The second kappa shape index (κ2) is 4.90. The second-order valence-corrected chi connectivity index (χ2v) is 5.24. The molecule has 82 valence electrons. The number of nitrogens with one attached hydrogen (secondary N) is 1. The molecule has 1 aliphatic rings. The van der Waals surface area contributed by atoms with Gasteiger partial charge in [0, 0.05) is 23.9 Å². The fourth-order valence-electron chi connectivity index (χ4n) is 1.70. The molecule has 0 amide bonds. The molecule has 1 aromatic rings. The molecule has 0 bridgehead atoms. The average Bonchev–Trinajstić information content (AvgIpc) is 2.86. The first-order valence-electron chi connectivity index (χ1n) is 5.58. The van der Waals surface area contributed by atoms with Gasteiger partial charge in [-0.05, 0) is 12.8 Å². The van der Waals surface area contributed by atoms with Crippen molar-refractivity contribution in [1.82, 2.24) is 10.3 Å². The number of hydrogen-bond acceptors (Lipinski definition) is 3. The quantitative estimate of drug-likeness (QED) is 0.792. The summed E-state index contributed by atoms with van der Waals surface area (Å²) in [7, 11) is 0. The van der Waals surface area contributed by atoms with Crippen molar-refractivity contribution in [2.45, 2.75) is 45.2 Å². The summed E-state index contributed by atoms with van der Waals surface area (Å²) in [6.45, 7) is 5.30. The molecule has 2 rings (SSSR count). The molecule has 0 saturated heterocycles. The van der Waals surface area contributed by atoms with E-state index in [9.17, 15) is 0 Å². The molecular formula is C12H18N2S. The van der Waals surface area contributed by atoms with Crippen molar-refractivity contribution in [1.29, 1.82) is 0 Å². The fourth-order valence-corrected chi connectivity index (χ4v) is 2.54. The van der Waals surface area contributed by atoms with E-state index in [1.807, 2.05) is 0 Å². The largest absolute Gasteiger partial charge is 0.308 e. The predicted molar refractivity (Wildman–Crippen MR) is 65.2 cm³/mol. The van der Waals surface area contributed by atoms with Gasteiger partial charge in [0.05, 0.1) is 10.7 Å². The SMILES string of the molecule is CC(C)c1nc(CNC2CC=CC2)cs1. The highest BCUT2D eigenvalue weighted by Gasteiger charge is 2.10. The Kier molecular flexibility index (Phi) is 3.54. The van der Waals surface area contributed by atoms with Crippen LogP contribution in [0.3, 0.4) is 0 Å². The zero-order chi connectivity index (χ0) is 10.7. The molecule has 2 nitrogen and oxygen atoms in total. The maximum atomic E-state index is 4.61. The van der Waals surface area contributed by atoms with Crippen LogP contribution in [-0.4, -0.2) is 11.0 Å². The number of thiazole rings is 1. The predicted octanol–water partition coefficient (Wildman–Crippen LogP) is 3.07. The summed E-state index contributed by atoms with van der Waals surface area (Å²) in [5.41, 5.74) is 1.19. The summed E-state index contributed by atoms with van der Waals surface area (Å²) in [4.78, 5) is 4.61. The third-order valence-corrected chi connectivity index (χ3v) is 3.84. The molecule has 0 fully saturated rings. The monoisotopic (exact) mass is 222 g/mol. The number of hydrogen-bond donors (Lipinski definition) is 1. The van der Waals surface area contributed by atoms with E-state index in [1.54, 1.807) is 11.3 Å². The van der Waals surface area contributed by atoms with Crippen molar-refractivity contribution >= 4 is 11.3 Å². The van der Waals surface area contributed by atoms with E-state index < -0.39 is 0 Å². The van der Waals surface area contributed by atoms with Crippen LogP contribution >= 0.6 is 11.3 Å². The highest BCUT2D eigenvalue weighted by molar-refractivity contribution is 7.09. The summed E-state index contributed by atoms with van der Waals surface area (Å²) in [5, 5.41) is 6.95. The van der Waals surface area contributed by atoms with E-state index in [0.717, 1.165) is 6.54 Å². The molecule has 3 heteroatoms. The molecule has 0 aromatic carbocycles. The summed E-state index contributed by atoms with van der Waals surface area (Å²) in [5.74, 6) is 0.553. The van der Waals surface area contributed by atoms with E-state index in [0.29, 0.717) is 12.0 Å². The zero-order valence-electron chi connectivity index (χ0n) is 9.36. The topological polar surface area (TPSA) is 24.9 Å². The van der Waals surface area contributed by atoms with Gasteiger partial charge in [-0.25, -0.2) is 4.98 Å². The van der Waals surface area contributed by atoms with Crippen LogP contribution in [-0.2, 0) is 6.54 Å². The lowest BCUT2D eigenvalue weighted by Gasteiger charge is -2.09. The normalized spacial score (nSPS) is 16.7. The second-order valence-electron chi connectivity index (χ2n) is 4.35. The molecule has 0 aliphatic heterocycles. The van der Waals surface area contributed by atoms with Gasteiger partial charge in [0.25, 0.3) is 0 Å². The standard InChI is InChI=1S/C12H18N2S/c1-9(2)12-14-11(8-15-12)7-13-10-5-3-4-6-10/h3-4,8-10,13H,5-7H2,1-2H3. The van der Waals surface area contributed by atoms with E-state index in [-0.39, 0.29) is 0 Å². The van der Waals surface area contributed by atoms with Crippen LogP contribution in [0.2, 0.25) is 0 Å². The summed E-state index contributed by atoms with van der Waals surface area (Å²) in [6.07, 6.45) is 6.83. The molecule has 0 unspecified atom stereocenters. The van der Waals surface area contributed by atoms with Crippen LogP contribution in [0.4, 0.5) is 0 Å². The first kappa shape index (κ1) is 10.8. The van der Waals surface area contributed by atoms with Gasteiger partial charge in [0.1, 0.15) is 0 Å². The van der Waals surface area contributed by atoms with Gasteiger partial charge in [0.15, 0.2) is 0 Å². The Morgan fingerprint density at radius 1 is 1.47 bits per heavy atom. The molecule has 1 aliphatic carbocycles. The van der Waals surface area contributed by atoms with Crippen LogP contribution < -0.4 is 5.32 Å². The maximum Gasteiger partial charge on any atom is 0.0954 e. The zero-order valence-corrected chi connectivity index (χ0v) is 10.2. The van der Waals surface area contributed by atoms with Crippen molar-refractivity contribution in [3.8, 4) is 0 Å². The first-order chi connectivity index (χ1) is 7.25. The smallest absolute Gasteiger partial charge is 0.0954 e. The van der Waals surface area contributed by atoms with Crippen molar-refractivity contribution in [2.75, 3.05) is 0 Å². The van der Waals surface area contributed by atoms with Crippen LogP contribution in [0.15, 0.2) is 17.5 Å². The minimum absolute atomic E-state index is 0.553.